The molecule has 0 spiro atoms. The second-order valence-corrected chi connectivity index (χ2v) is 2.95. The Hall–Kier alpha value is -0.570. The van der Waals surface area contributed by atoms with Crippen molar-refractivity contribution >= 4 is 5.71 Å². The van der Waals surface area contributed by atoms with Crippen LogP contribution in [-0.2, 0) is 0 Å². The first-order valence-electron chi connectivity index (χ1n) is 4.65. The van der Waals surface area contributed by atoms with Crippen molar-refractivity contribution in [3.05, 3.63) is 0 Å². The number of rotatable bonds is 1. The Balaban J connectivity index is 0.000000261. The smallest absolute Gasteiger partial charge is 0.0570 e. The van der Waals surface area contributed by atoms with Crippen LogP contribution in [0.4, 0.5) is 0 Å². The van der Waals surface area contributed by atoms with E-state index >= 15 is 0 Å². The van der Waals surface area contributed by atoms with E-state index in [-0.39, 0.29) is 0 Å². The standard InChI is InChI=1S/C6H11NO.C3H8O/c8-7-6-4-2-1-3-5-6;1-2-3-4/h8H,1-5H2;4H,2-3H2,1H3. The summed E-state index contributed by atoms with van der Waals surface area (Å²) in [5.41, 5.74) is 0.983. The monoisotopic (exact) mass is 173 g/mol. The molecule has 0 aromatic rings. The van der Waals surface area contributed by atoms with Crippen LogP contribution in [0.2, 0.25) is 0 Å². The van der Waals surface area contributed by atoms with Crippen molar-refractivity contribution in [3.8, 4) is 0 Å². The Bertz CT molecular complexity index is 114. The summed E-state index contributed by atoms with van der Waals surface area (Å²) in [5, 5.41) is 19.3. The zero-order chi connectivity index (χ0) is 9.23. The molecule has 0 aromatic heterocycles. The van der Waals surface area contributed by atoms with Gasteiger partial charge in [0.05, 0.1) is 5.71 Å². The van der Waals surface area contributed by atoms with Gasteiger partial charge in [-0.3, -0.25) is 0 Å². The number of nitrogens with zero attached hydrogens (tertiary/aromatic N) is 1. The molecule has 3 heteroatoms. The van der Waals surface area contributed by atoms with Gasteiger partial charge in [0.15, 0.2) is 0 Å². The maximum Gasteiger partial charge on any atom is 0.0570 e. The third kappa shape index (κ3) is 6.16. The number of hydrogen-bond donors (Lipinski definition) is 2. The van der Waals surface area contributed by atoms with Crippen LogP contribution < -0.4 is 0 Å². The molecular weight excluding hydrogens is 154 g/mol. The number of aliphatic hydroxyl groups is 1. The van der Waals surface area contributed by atoms with Gasteiger partial charge in [0, 0.05) is 6.61 Å². The summed E-state index contributed by atoms with van der Waals surface area (Å²) in [4.78, 5) is 0. The van der Waals surface area contributed by atoms with Gasteiger partial charge in [-0.1, -0.05) is 18.5 Å². The quantitative estimate of drug-likeness (QED) is 0.471. The first-order chi connectivity index (χ1) is 5.85. The van der Waals surface area contributed by atoms with Gasteiger partial charge in [0.1, 0.15) is 0 Å². The van der Waals surface area contributed by atoms with Crippen LogP contribution in [0.1, 0.15) is 45.4 Å². The molecule has 0 radical (unpaired) electrons. The molecule has 0 saturated heterocycles. The second kappa shape index (κ2) is 8.53. The zero-order valence-corrected chi connectivity index (χ0v) is 7.79. The van der Waals surface area contributed by atoms with Crippen molar-refractivity contribution in [2.45, 2.75) is 45.4 Å². The van der Waals surface area contributed by atoms with E-state index in [0.29, 0.717) is 6.61 Å². The van der Waals surface area contributed by atoms with Crippen molar-refractivity contribution in [1.82, 2.24) is 0 Å². The van der Waals surface area contributed by atoms with Crippen molar-refractivity contribution in [2.75, 3.05) is 6.61 Å². The molecule has 1 aliphatic carbocycles. The number of hydrogen-bond acceptors (Lipinski definition) is 3. The molecule has 0 aromatic carbocycles. The van der Waals surface area contributed by atoms with Gasteiger partial charge < -0.3 is 10.3 Å². The van der Waals surface area contributed by atoms with Gasteiger partial charge in [-0.2, -0.15) is 0 Å². The lowest BCUT2D eigenvalue weighted by molar-refractivity contribution is 0.295. The Labute approximate surface area is 74.1 Å². The molecule has 1 rings (SSSR count). The lowest BCUT2D eigenvalue weighted by Gasteiger charge is -2.08. The van der Waals surface area contributed by atoms with Crippen molar-refractivity contribution < 1.29 is 10.3 Å². The Kier molecular flexibility index (Phi) is 8.12. The molecule has 3 nitrogen and oxygen atoms in total. The van der Waals surface area contributed by atoms with Gasteiger partial charge in [-0.25, -0.2) is 0 Å². The van der Waals surface area contributed by atoms with E-state index in [1.807, 2.05) is 6.92 Å². The summed E-state index contributed by atoms with van der Waals surface area (Å²) in [6.45, 7) is 2.25. The Morgan fingerprint density at radius 3 is 2.00 bits per heavy atom. The first kappa shape index (κ1) is 11.4. The third-order valence-corrected chi connectivity index (χ3v) is 1.80. The van der Waals surface area contributed by atoms with E-state index in [2.05, 4.69) is 5.16 Å². The zero-order valence-electron chi connectivity index (χ0n) is 7.79. The summed E-state index contributed by atoms with van der Waals surface area (Å²) in [5.74, 6) is 0. The van der Waals surface area contributed by atoms with E-state index in [4.69, 9.17) is 10.3 Å². The molecular formula is C9H19NO2. The van der Waals surface area contributed by atoms with Gasteiger partial charge in [-0.05, 0) is 32.1 Å². The predicted molar refractivity (Wildman–Crippen MR) is 49.7 cm³/mol. The SMILES string of the molecule is CCCO.ON=C1CCCCC1. The summed E-state index contributed by atoms with van der Waals surface area (Å²) >= 11 is 0. The van der Waals surface area contributed by atoms with Gasteiger partial charge >= 0.3 is 0 Å². The molecule has 1 saturated carbocycles. The molecule has 0 heterocycles. The first-order valence-corrected chi connectivity index (χ1v) is 4.65. The largest absolute Gasteiger partial charge is 0.411 e. The Morgan fingerprint density at radius 2 is 1.75 bits per heavy atom. The van der Waals surface area contributed by atoms with Crippen molar-refractivity contribution in [3.63, 3.8) is 0 Å². The lowest BCUT2D eigenvalue weighted by atomic mass is 9.99. The van der Waals surface area contributed by atoms with Gasteiger partial charge in [0.2, 0.25) is 0 Å². The molecule has 72 valence electrons. The highest BCUT2D eigenvalue weighted by atomic mass is 16.4. The van der Waals surface area contributed by atoms with E-state index in [1.54, 1.807) is 0 Å². The fourth-order valence-corrected chi connectivity index (χ4v) is 1.06. The molecule has 0 unspecified atom stereocenters. The minimum Gasteiger partial charge on any atom is -0.411 e. The molecule has 2 N–H and O–H groups in total. The maximum atomic E-state index is 8.28. The van der Waals surface area contributed by atoms with Crippen LogP contribution in [0.3, 0.4) is 0 Å². The maximum absolute atomic E-state index is 8.28. The van der Waals surface area contributed by atoms with Crippen LogP contribution in [0.5, 0.6) is 0 Å². The lowest BCUT2D eigenvalue weighted by Crippen LogP contribution is -2.03. The summed E-state index contributed by atoms with van der Waals surface area (Å²) in [7, 11) is 0. The molecule has 12 heavy (non-hydrogen) atoms. The highest BCUT2D eigenvalue weighted by molar-refractivity contribution is 5.84. The number of oxime groups is 1. The van der Waals surface area contributed by atoms with E-state index in [1.165, 1.54) is 19.3 Å². The molecule has 0 atom stereocenters. The van der Waals surface area contributed by atoms with Crippen molar-refractivity contribution in [2.24, 2.45) is 5.16 Å². The fourth-order valence-electron chi connectivity index (χ4n) is 1.06. The van der Waals surface area contributed by atoms with Crippen LogP contribution in [-0.4, -0.2) is 22.6 Å². The van der Waals surface area contributed by atoms with E-state index in [9.17, 15) is 0 Å². The number of aliphatic hydroxyl groups excluding tert-OH is 1. The third-order valence-electron chi connectivity index (χ3n) is 1.80. The highest BCUT2D eigenvalue weighted by Crippen LogP contribution is 2.13. The van der Waals surface area contributed by atoms with Crippen LogP contribution in [0.15, 0.2) is 5.16 Å². The minimum atomic E-state index is 0.319. The highest BCUT2D eigenvalue weighted by Gasteiger charge is 2.05. The second-order valence-electron chi connectivity index (χ2n) is 2.95. The fraction of sp³-hybridized carbons (Fsp3) is 0.889. The summed E-state index contributed by atoms with van der Waals surface area (Å²) in [6.07, 6.45) is 6.62. The molecule has 0 bridgehead atoms. The van der Waals surface area contributed by atoms with Crippen LogP contribution >= 0.6 is 0 Å². The summed E-state index contributed by atoms with van der Waals surface area (Å²) in [6, 6.07) is 0. The summed E-state index contributed by atoms with van der Waals surface area (Å²) < 4.78 is 0. The average molecular weight is 173 g/mol. The normalized spacial score (nSPS) is 16.3. The molecule has 1 fully saturated rings. The molecule has 1 aliphatic rings. The van der Waals surface area contributed by atoms with Crippen LogP contribution in [0.25, 0.3) is 0 Å². The van der Waals surface area contributed by atoms with E-state index in [0.717, 1.165) is 25.0 Å². The van der Waals surface area contributed by atoms with Gasteiger partial charge in [-0.15, -0.1) is 0 Å². The predicted octanol–water partition coefficient (Wildman–Crippen LogP) is 2.17. The Morgan fingerprint density at radius 1 is 1.25 bits per heavy atom. The van der Waals surface area contributed by atoms with Gasteiger partial charge in [0.25, 0.3) is 0 Å². The van der Waals surface area contributed by atoms with Crippen molar-refractivity contribution in [1.29, 1.82) is 0 Å². The topological polar surface area (TPSA) is 52.8 Å². The minimum absolute atomic E-state index is 0.319. The average Bonchev–Trinajstić information content (AvgIpc) is 2.19. The van der Waals surface area contributed by atoms with Crippen LogP contribution in [0, 0.1) is 0 Å². The molecule has 0 amide bonds. The molecule has 0 aliphatic heterocycles. The van der Waals surface area contributed by atoms with E-state index < -0.39 is 0 Å².